The molecular weight excluding hydrogens is 264 g/mol. The predicted molar refractivity (Wildman–Crippen MR) is 84.4 cm³/mol. The molecule has 0 aromatic rings. The van der Waals surface area contributed by atoms with Gasteiger partial charge in [0.05, 0.1) is 6.61 Å². The fourth-order valence-corrected chi connectivity index (χ4v) is 3.51. The van der Waals surface area contributed by atoms with E-state index in [-0.39, 0.29) is 17.8 Å². The van der Waals surface area contributed by atoms with Crippen LogP contribution in [0.25, 0.3) is 0 Å². The van der Waals surface area contributed by atoms with Crippen molar-refractivity contribution in [3.8, 4) is 12.3 Å². The second kappa shape index (κ2) is 6.66. The fraction of sp³-hybridized carbons (Fsp3) is 0.722. The third-order valence-electron chi connectivity index (χ3n) is 5.17. The molecule has 1 aliphatic rings. The van der Waals surface area contributed by atoms with Crippen molar-refractivity contribution in [2.45, 2.75) is 53.1 Å². The number of carbonyl (C=O) groups excluding carboxylic acids is 1. The van der Waals surface area contributed by atoms with E-state index < -0.39 is 17.0 Å². The second-order valence-electron chi connectivity index (χ2n) is 6.61. The van der Waals surface area contributed by atoms with Gasteiger partial charge >= 0.3 is 5.97 Å². The van der Waals surface area contributed by atoms with E-state index >= 15 is 0 Å². The lowest BCUT2D eigenvalue weighted by molar-refractivity contribution is -0.137. The fourth-order valence-electron chi connectivity index (χ4n) is 3.51. The van der Waals surface area contributed by atoms with Crippen molar-refractivity contribution >= 4 is 5.97 Å². The van der Waals surface area contributed by atoms with Gasteiger partial charge in [0.1, 0.15) is 5.60 Å². The number of ether oxygens (including phenoxy) is 1. The molecule has 0 saturated heterocycles. The van der Waals surface area contributed by atoms with E-state index in [1.165, 1.54) is 6.08 Å². The first kappa shape index (κ1) is 17.8. The lowest BCUT2D eigenvalue weighted by Gasteiger charge is -2.53. The Morgan fingerprint density at radius 3 is 2.62 bits per heavy atom. The summed E-state index contributed by atoms with van der Waals surface area (Å²) in [6.07, 6.45) is 10.8. The van der Waals surface area contributed by atoms with Gasteiger partial charge in [0.25, 0.3) is 0 Å². The van der Waals surface area contributed by atoms with Gasteiger partial charge in [-0.3, -0.25) is 0 Å². The first-order valence-corrected chi connectivity index (χ1v) is 7.79. The Balaban J connectivity index is 3.20. The van der Waals surface area contributed by atoms with Crippen LogP contribution < -0.4 is 0 Å². The van der Waals surface area contributed by atoms with Gasteiger partial charge in [-0.15, -0.1) is 6.42 Å². The van der Waals surface area contributed by atoms with Crippen LogP contribution in [0.1, 0.15) is 47.5 Å². The van der Waals surface area contributed by atoms with Crippen molar-refractivity contribution in [1.82, 2.24) is 0 Å². The van der Waals surface area contributed by atoms with Gasteiger partial charge in [-0.25, -0.2) is 4.79 Å². The zero-order valence-corrected chi connectivity index (χ0v) is 13.8. The van der Waals surface area contributed by atoms with Gasteiger partial charge in [-0.05, 0) is 31.6 Å². The maximum atomic E-state index is 11.6. The van der Waals surface area contributed by atoms with E-state index in [2.05, 4.69) is 26.7 Å². The average molecular weight is 292 g/mol. The zero-order valence-electron chi connectivity index (χ0n) is 13.8. The van der Waals surface area contributed by atoms with Crippen LogP contribution in [0.3, 0.4) is 0 Å². The molecule has 3 nitrogen and oxygen atoms in total. The van der Waals surface area contributed by atoms with Crippen molar-refractivity contribution in [3.05, 3.63) is 12.2 Å². The molecule has 0 heterocycles. The van der Waals surface area contributed by atoms with Crippen molar-refractivity contribution in [2.24, 2.45) is 23.2 Å². The van der Waals surface area contributed by atoms with Crippen molar-refractivity contribution in [1.29, 1.82) is 0 Å². The number of carbonyl (C=O) groups is 1. The minimum Gasteiger partial charge on any atom is -0.463 e. The topological polar surface area (TPSA) is 46.5 Å². The summed E-state index contributed by atoms with van der Waals surface area (Å²) >= 11 is 0. The molecule has 1 fully saturated rings. The summed E-state index contributed by atoms with van der Waals surface area (Å²) in [5, 5.41) is 11.2. The smallest absolute Gasteiger partial charge is 0.330 e. The molecular formula is C18H28O3. The van der Waals surface area contributed by atoms with Gasteiger partial charge in [0.2, 0.25) is 0 Å². The van der Waals surface area contributed by atoms with Crippen molar-refractivity contribution in [2.75, 3.05) is 6.61 Å². The molecule has 0 radical (unpaired) electrons. The average Bonchev–Trinajstić information content (AvgIpc) is 2.43. The molecule has 0 aromatic heterocycles. The third-order valence-corrected chi connectivity index (χ3v) is 5.17. The van der Waals surface area contributed by atoms with Crippen LogP contribution in [-0.2, 0) is 9.53 Å². The van der Waals surface area contributed by atoms with Gasteiger partial charge in [0, 0.05) is 17.4 Å². The van der Waals surface area contributed by atoms with Crippen LogP contribution in [0.4, 0.5) is 0 Å². The van der Waals surface area contributed by atoms with Gasteiger partial charge in [-0.1, -0.05) is 39.7 Å². The normalized spacial score (nSPS) is 36.7. The van der Waals surface area contributed by atoms with E-state index in [0.29, 0.717) is 6.61 Å². The number of hydrogen-bond donors (Lipinski definition) is 1. The zero-order chi connectivity index (χ0) is 16.3. The molecule has 0 bridgehead atoms. The van der Waals surface area contributed by atoms with Crippen LogP contribution in [0.15, 0.2) is 12.2 Å². The Labute approximate surface area is 128 Å². The maximum Gasteiger partial charge on any atom is 0.330 e. The molecule has 4 unspecified atom stereocenters. The standard InChI is InChI=1S/C18H28O3/c1-7-18(20)15(13(3)4)10-9-14(5)17(18,6)12-11-16(19)21-8-2/h1,11-15,20H,8-10H2,2-6H3/b12-11+. The highest BCUT2D eigenvalue weighted by molar-refractivity contribution is 5.82. The van der Waals surface area contributed by atoms with Crippen LogP contribution in [-0.4, -0.2) is 23.3 Å². The van der Waals surface area contributed by atoms with Gasteiger partial charge in [0.15, 0.2) is 0 Å². The Bertz CT molecular complexity index is 446. The lowest BCUT2D eigenvalue weighted by atomic mass is 9.53. The Morgan fingerprint density at radius 2 is 2.14 bits per heavy atom. The second-order valence-corrected chi connectivity index (χ2v) is 6.61. The molecule has 1 N–H and O–H groups in total. The minimum absolute atomic E-state index is 0.0237. The van der Waals surface area contributed by atoms with Crippen molar-refractivity contribution in [3.63, 3.8) is 0 Å². The van der Waals surface area contributed by atoms with E-state index in [4.69, 9.17) is 11.2 Å². The molecule has 4 atom stereocenters. The SMILES string of the molecule is C#CC1(O)C(C(C)C)CCC(C)C1(C)/C=C/C(=O)OCC. The highest BCUT2D eigenvalue weighted by Gasteiger charge is 2.55. The first-order valence-electron chi connectivity index (χ1n) is 7.79. The summed E-state index contributed by atoms with van der Waals surface area (Å²) in [7, 11) is 0. The molecule has 1 saturated carbocycles. The molecule has 0 aliphatic heterocycles. The molecule has 0 spiro atoms. The molecule has 21 heavy (non-hydrogen) atoms. The van der Waals surface area contributed by atoms with Crippen molar-refractivity contribution < 1.29 is 14.6 Å². The van der Waals surface area contributed by atoms with Gasteiger partial charge < -0.3 is 9.84 Å². The van der Waals surface area contributed by atoms with Crippen LogP contribution in [0, 0.1) is 35.5 Å². The van der Waals surface area contributed by atoms with Gasteiger partial charge in [-0.2, -0.15) is 0 Å². The monoisotopic (exact) mass is 292 g/mol. The summed E-state index contributed by atoms with van der Waals surface area (Å²) in [4.78, 5) is 11.6. The summed E-state index contributed by atoms with van der Waals surface area (Å²) in [6, 6.07) is 0. The van der Waals surface area contributed by atoms with E-state index in [1.807, 2.05) is 6.92 Å². The quantitative estimate of drug-likeness (QED) is 0.492. The molecule has 118 valence electrons. The summed E-state index contributed by atoms with van der Waals surface area (Å²) < 4.78 is 4.93. The van der Waals surface area contributed by atoms with Crippen LogP contribution in [0.2, 0.25) is 0 Å². The Kier molecular flexibility index (Phi) is 5.64. The largest absolute Gasteiger partial charge is 0.463 e. The third kappa shape index (κ3) is 3.16. The summed E-state index contributed by atoms with van der Waals surface area (Å²) in [6.45, 7) is 10.3. The maximum absolute atomic E-state index is 11.6. The number of terminal acetylenes is 1. The highest BCUT2D eigenvalue weighted by Crippen LogP contribution is 2.53. The molecule has 1 aliphatic carbocycles. The number of aliphatic hydroxyl groups is 1. The number of esters is 1. The van der Waals surface area contributed by atoms with E-state index in [0.717, 1.165) is 12.8 Å². The lowest BCUT2D eigenvalue weighted by Crippen LogP contribution is -2.57. The molecule has 1 rings (SSSR count). The highest BCUT2D eigenvalue weighted by atomic mass is 16.5. The van der Waals surface area contributed by atoms with Crippen LogP contribution >= 0.6 is 0 Å². The predicted octanol–water partition coefficient (Wildman–Crippen LogP) is 3.18. The molecule has 3 heteroatoms. The summed E-state index contributed by atoms with van der Waals surface area (Å²) in [5.41, 5.74) is -1.89. The number of hydrogen-bond acceptors (Lipinski definition) is 3. The number of rotatable bonds is 4. The molecule has 0 aromatic carbocycles. The summed E-state index contributed by atoms with van der Waals surface area (Å²) in [5.74, 6) is 2.75. The van der Waals surface area contributed by atoms with Crippen LogP contribution in [0.5, 0.6) is 0 Å². The molecule has 0 amide bonds. The van der Waals surface area contributed by atoms with E-state index in [1.54, 1.807) is 13.0 Å². The Hall–Kier alpha value is -1.27. The van der Waals surface area contributed by atoms with E-state index in [9.17, 15) is 9.90 Å². The minimum atomic E-state index is -1.25. The Morgan fingerprint density at radius 1 is 1.52 bits per heavy atom. The first-order chi connectivity index (χ1) is 9.72.